The van der Waals surface area contributed by atoms with Crippen molar-refractivity contribution in [3.8, 4) is 0 Å². The standard InChI is InChI=1S/C24H28O9/c1-13-4-8-24(30)9-5-17(18-15(3)22(28)33-20(18)19(13)24)32-23(29)16(7-11-26)12-31-21(27)14(2)6-10-25/h4-7,9,17-20,25-26,30H,3,8,10-12H2,1-2H3/b14-6+,16-7+/t17-,18-,19-,20+,24-/m1/s1. The van der Waals surface area contributed by atoms with E-state index in [0.717, 1.165) is 11.6 Å². The van der Waals surface area contributed by atoms with E-state index in [9.17, 15) is 24.6 Å². The molecule has 0 saturated carbocycles. The highest BCUT2D eigenvalue weighted by atomic mass is 16.6. The molecule has 9 nitrogen and oxygen atoms in total. The Balaban J connectivity index is 1.81. The topological polar surface area (TPSA) is 140 Å². The number of aliphatic hydroxyl groups excluding tert-OH is 2. The highest BCUT2D eigenvalue weighted by Crippen LogP contribution is 2.49. The molecule has 0 bridgehead atoms. The number of rotatable bonds is 7. The van der Waals surface area contributed by atoms with Crippen molar-refractivity contribution in [3.05, 3.63) is 59.3 Å². The maximum absolute atomic E-state index is 12.9. The summed E-state index contributed by atoms with van der Waals surface area (Å²) in [5.41, 5.74) is -0.233. The Labute approximate surface area is 191 Å². The van der Waals surface area contributed by atoms with Crippen molar-refractivity contribution < 1.29 is 43.9 Å². The number of carbonyl (C=O) groups is 3. The molecule has 3 N–H and O–H groups in total. The third-order valence-corrected chi connectivity index (χ3v) is 6.22. The molecule has 9 heteroatoms. The molecular weight excluding hydrogens is 432 g/mol. The van der Waals surface area contributed by atoms with Gasteiger partial charge < -0.3 is 29.5 Å². The van der Waals surface area contributed by atoms with Crippen LogP contribution in [0.15, 0.2) is 59.3 Å². The van der Waals surface area contributed by atoms with Gasteiger partial charge in [-0.05, 0) is 38.5 Å². The van der Waals surface area contributed by atoms with E-state index in [4.69, 9.17) is 19.3 Å². The van der Waals surface area contributed by atoms with Crippen LogP contribution >= 0.6 is 0 Å². The molecule has 5 atom stereocenters. The van der Waals surface area contributed by atoms with Crippen molar-refractivity contribution in [2.24, 2.45) is 11.8 Å². The first-order chi connectivity index (χ1) is 15.6. The minimum Gasteiger partial charge on any atom is -0.457 e. The lowest BCUT2D eigenvalue weighted by atomic mass is 9.78. The molecule has 178 valence electrons. The number of hydrogen-bond donors (Lipinski definition) is 3. The molecule has 1 fully saturated rings. The average Bonchev–Trinajstić information content (AvgIpc) is 3.18. The summed E-state index contributed by atoms with van der Waals surface area (Å²) in [5, 5.41) is 29.3. The summed E-state index contributed by atoms with van der Waals surface area (Å²) >= 11 is 0. The normalized spacial score (nSPS) is 31.4. The van der Waals surface area contributed by atoms with Crippen LogP contribution in [-0.4, -0.2) is 70.9 Å². The molecule has 0 unspecified atom stereocenters. The van der Waals surface area contributed by atoms with Gasteiger partial charge in [0.15, 0.2) is 0 Å². The van der Waals surface area contributed by atoms with Crippen LogP contribution in [0.3, 0.4) is 0 Å². The van der Waals surface area contributed by atoms with Crippen LogP contribution in [0, 0.1) is 11.8 Å². The molecule has 0 aromatic heterocycles. The fourth-order valence-corrected chi connectivity index (χ4v) is 4.44. The number of carbonyl (C=O) groups excluding carboxylic acids is 3. The van der Waals surface area contributed by atoms with Gasteiger partial charge in [0.05, 0.1) is 36.2 Å². The molecular formula is C24H28O9. The third-order valence-electron chi connectivity index (χ3n) is 6.22. The van der Waals surface area contributed by atoms with Gasteiger partial charge >= 0.3 is 17.9 Å². The predicted molar refractivity (Wildman–Crippen MR) is 115 cm³/mol. The number of ether oxygens (including phenoxy) is 3. The molecule has 0 amide bonds. The van der Waals surface area contributed by atoms with Gasteiger partial charge in [-0.15, -0.1) is 0 Å². The fraction of sp³-hybridized carbons (Fsp3) is 0.458. The summed E-state index contributed by atoms with van der Waals surface area (Å²) in [6.07, 6.45) is 5.96. The minimum atomic E-state index is -1.28. The summed E-state index contributed by atoms with van der Waals surface area (Å²) in [6.45, 7) is 5.79. The first-order valence-corrected chi connectivity index (χ1v) is 10.6. The van der Waals surface area contributed by atoms with Crippen LogP contribution in [0.5, 0.6) is 0 Å². The summed E-state index contributed by atoms with van der Waals surface area (Å²) in [7, 11) is 0. The monoisotopic (exact) mass is 460 g/mol. The maximum Gasteiger partial charge on any atom is 0.337 e. The molecule has 0 aromatic rings. The molecule has 1 aliphatic heterocycles. The zero-order valence-corrected chi connectivity index (χ0v) is 18.5. The van der Waals surface area contributed by atoms with Crippen LogP contribution in [-0.2, 0) is 28.6 Å². The Morgan fingerprint density at radius 2 is 1.97 bits per heavy atom. The average molecular weight is 460 g/mol. The van der Waals surface area contributed by atoms with E-state index < -0.39 is 60.8 Å². The Morgan fingerprint density at radius 1 is 1.27 bits per heavy atom. The molecule has 2 aliphatic carbocycles. The Hall–Kier alpha value is -3.01. The molecule has 1 heterocycles. The Bertz CT molecular complexity index is 970. The Morgan fingerprint density at radius 3 is 2.64 bits per heavy atom. The first-order valence-electron chi connectivity index (χ1n) is 10.6. The van der Waals surface area contributed by atoms with Crippen LogP contribution in [0.1, 0.15) is 20.3 Å². The second kappa shape index (κ2) is 9.86. The quantitative estimate of drug-likeness (QED) is 0.216. The van der Waals surface area contributed by atoms with E-state index >= 15 is 0 Å². The minimum absolute atomic E-state index is 0.109. The van der Waals surface area contributed by atoms with Gasteiger partial charge in [0, 0.05) is 11.1 Å². The zero-order valence-electron chi connectivity index (χ0n) is 18.5. The van der Waals surface area contributed by atoms with Crippen molar-refractivity contribution in [1.82, 2.24) is 0 Å². The summed E-state index contributed by atoms with van der Waals surface area (Å²) < 4.78 is 16.2. The maximum atomic E-state index is 12.9. The molecule has 3 rings (SSSR count). The third kappa shape index (κ3) is 4.85. The van der Waals surface area contributed by atoms with E-state index in [1.54, 1.807) is 6.08 Å². The van der Waals surface area contributed by atoms with Crippen LogP contribution in [0.4, 0.5) is 0 Å². The number of esters is 3. The van der Waals surface area contributed by atoms with Crippen molar-refractivity contribution in [2.45, 2.75) is 38.1 Å². The smallest absolute Gasteiger partial charge is 0.337 e. The van der Waals surface area contributed by atoms with Crippen LogP contribution in [0.2, 0.25) is 0 Å². The van der Waals surface area contributed by atoms with E-state index in [2.05, 4.69) is 6.58 Å². The van der Waals surface area contributed by atoms with Crippen molar-refractivity contribution in [2.75, 3.05) is 19.8 Å². The van der Waals surface area contributed by atoms with E-state index in [0.29, 0.717) is 6.42 Å². The predicted octanol–water partition coefficient (Wildman–Crippen LogP) is 0.664. The number of fused-ring (bicyclic) bond motifs is 3. The lowest BCUT2D eigenvalue weighted by molar-refractivity contribution is -0.148. The molecule has 33 heavy (non-hydrogen) atoms. The van der Waals surface area contributed by atoms with Gasteiger partial charge in [-0.25, -0.2) is 14.4 Å². The van der Waals surface area contributed by atoms with Gasteiger partial charge in [-0.2, -0.15) is 0 Å². The van der Waals surface area contributed by atoms with Gasteiger partial charge in [-0.3, -0.25) is 0 Å². The molecule has 0 aromatic carbocycles. The number of hydrogen-bond acceptors (Lipinski definition) is 9. The van der Waals surface area contributed by atoms with E-state index in [1.807, 2.05) is 13.0 Å². The van der Waals surface area contributed by atoms with E-state index in [-0.39, 0.29) is 23.3 Å². The lowest BCUT2D eigenvalue weighted by Crippen LogP contribution is -2.43. The summed E-state index contributed by atoms with van der Waals surface area (Å²) in [4.78, 5) is 37.1. The van der Waals surface area contributed by atoms with Crippen LogP contribution < -0.4 is 0 Å². The molecule has 0 radical (unpaired) electrons. The second-order valence-electron chi connectivity index (χ2n) is 8.33. The zero-order chi connectivity index (χ0) is 24.3. The van der Waals surface area contributed by atoms with Gasteiger partial charge in [0.2, 0.25) is 0 Å². The van der Waals surface area contributed by atoms with E-state index in [1.165, 1.54) is 19.1 Å². The summed E-state index contributed by atoms with van der Waals surface area (Å²) in [6, 6.07) is 0. The first kappa shape index (κ1) is 24.6. The van der Waals surface area contributed by atoms with Gasteiger partial charge in [0.25, 0.3) is 0 Å². The molecule has 3 aliphatic rings. The SMILES string of the molecule is C=C1C(=O)O[C@H]2[C@H]1[C@H](OC(=O)/C(=C/CO)COC(=O)/C(C)=C/CO)C=C[C@]1(O)CC=C(C)[C@H]21. The van der Waals surface area contributed by atoms with Gasteiger partial charge in [-0.1, -0.05) is 24.3 Å². The largest absolute Gasteiger partial charge is 0.457 e. The Kier molecular flexibility index (Phi) is 7.36. The van der Waals surface area contributed by atoms with Crippen molar-refractivity contribution >= 4 is 17.9 Å². The lowest BCUT2D eigenvalue weighted by Gasteiger charge is -2.33. The molecule has 0 spiro atoms. The highest BCUT2D eigenvalue weighted by molar-refractivity contribution is 5.93. The van der Waals surface area contributed by atoms with Crippen molar-refractivity contribution in [1.29, 1.82) is 0 Å². The summed E-state index contributed by atoms with van der Waals surface area (Å²) in [5.74, 6) is -3.44. The van der Waals surface area contributed by atoms with Crippen molar-refractivity contribution in [3.63, 3.8) is 0 Å². The molecule has 1 saturated heterocycles. The van der Waals surface area contributed by atoms with Gasteiger partial charge in [0.1, 0.15) is 18.8 Å². The van der Waals surface area contributed by atoms with Crippen LogP contribution in [0.25, 0.3) is 0 Å². The highest BCUT2D eigenvalue weighted by Gasteiger charge is 2.56. The fourth-order valence-electron chi connectivity index (χ4n) is 4.44. The number of aliphatic hydroxyl groups is 3. The second-order valence-corrected chi connectivity index (χ2v) is 8.33.